The van der Waals surface area contributed by atoms with Crippen LogP contribution in [-0.4, -0.2) is 34.5 Å². The van der Waals surface area contributed by atoms with Gasteiger partial charge in [-0.15, -0.1) is 0 Å². The number of rotatable bonds is 4. The van der Waals surface area contributed by atoms with E-state index in [4.69, 9.17) is 10.2 Å². The molecule has 2 unspecified atom stereocenters. The summed E-state index contributed by atoms with van der Waals surface area (Å²) in [5, 5.41) is 17.3. The highest BCUT2D eigenvalue weighted by atomic mass is 19.4. The Balaban J connectivity index is 6.24. The van der Waals surface area contributed by atoms with Crippen LogP contribution in [0.2, 0.25) is 0 Å². The van der Waals surface area contributed by atoms with Crippen molar-refractivity contribution in [2.24, 2.45) is 11.8 Å². The zero-order chi connectivity index (χ0) is 16.5. The van der Waals surface area contributed by atoms with Crippen LogP contribution in [0.4, 0.5) is 26.3 Å². The van der Waals surface area contributed by atoms with Gasteiger partial charge in [0.25, 0.3) is 0 Å². The van der Waals surface area contributed by atoms with Crippen molar-refractivity contribution in [2.75, 3.05) is 0 Å². The van der Waals surface area contributed by atoms with E-state index in [0.29, 0.717) is 0 Å². The summed E-state index contributed by atoms with van der Waals surface area (Å²) < 4.78 is 74.8. The van der Waals surface area contributed by atoms with Crippen LogP contribution in [0.1, 0.15) is 13.8 Å². The normalized spacial score (nSPS) is 17.2. The maximum absolute atomic E-state index is 12.5. The summed E-state index contributed by atoms with van der Waals surface area (Å²) in [5.74, 6) is -10.4. The fourth-order valence-corrected chi connectivity index (χ4v) is 1.39. The topological polar surface area (TPSA) is 74.6 Å². The Morgan fingerprint density at radius 1 is 0.750 bits per heavy atom. The Kier molecular flexibility index (Phi) is 5.22. The number of hydrogen-bond acceptors (Lipinski definition) is 2. The third-order valence-corrected chi connectivity index (χ3v) is 2.60. The van der Waals surface area contributed by atoms with Crippen molar-refractivity contribution in [3.63, 3.8) is 0 Å². The molecule has 0 aliphatic heterocycles. The second-order valence-corrected chi connectivity index (χ2v) is 3.96. The zero-order valence-electron chi connectivity index (χ0n) is 10.1. The van der Waals surface area contributed by atoms with Gasteiger partial charge in [-0.1, -0.05) is 0 Å². The van der Waals surface area contributed by atoms with Gasteiger partial charge in [-0.05, 0) is 13.8 Å². The van der Waals surface area contributed by atoms with Gasteiger partial charge in [0.2, 0.25) is 0 Å². The van der Waals surface area contributed by atoms with Gasteiger partial charge in [0, 0.05) is 0 Å². The molecule has 2 atom stereocenters. The second-order valence-electron chi connectivity index (χ2n) is 3.96. The Hall–Kier alpha value is -1.74. The molecule has 0 aromatic rings. The Morgan fingerprint density at radius 3 is 1.05 bits per heavy atom. The fourth-order valence-electron chi connectivity index (χ4n) is 1.39. The zero-order valence-corrected chi connectivity index (χ0v) is 10.1. The molecule has 116 valence electrons. The van der Waals surface area contributed by atoms with Crippen LogP contribution in [0.15, 0.2) is 11.1 Å². The fraction of sp³-hybridized carbons (Fsp3) is 0.600. The second kappa shape index (κ2) is 5.71. The summed E-state index contributed by atoms with van der Waals surface area (Å²) in [5.41, 5.74) is -3.65. The molecule has 0 fully saturated rings. The Bertz CT molecular complexity index is 394. The number of carboxylic acid groups (broad SMARTS) is 2. The van der Waals surface area contributed by atoms with Crippen molar-refractivity contribution in [1.29, 1.82) is 0 Å². The first-order valence-electron chi connectivity index (χ1n) is 5.05. The van der Waals surface area contributed by atoms with Gasteiger partial charge in [-0.2, -0.15) is 26.3 Å². The maximum Gasteiger partial charge on any atom is 0.395 e. The summed E-state index contributed by atoms with van der Waals surface area (Å²) in [6.07, 6.45) is -10.4. The highest BCUT2D eigenvalue weighted by Crippen LogP contribution is 2.39. The van der Waals surface area contributed by atoms with E-state index in [0.717, 1.165) is 0 Å². The SMILES string of the molecule is CC(/C(C(=O)O)=C(/C(=O)O)C(C)C(F)(F)F)C(F)(F)F. The van der Waals surface area contributed by atoms with Gasteiger partial charge in [0.15, 0.2) is 0 Å². The summed E-state index contributed by atoms with van der Waals surface area (Å²) in [4.78, 5) is 21.6. The number of halogens is 6. The monoisotopic (exact) mass is 308 g/mol. The number of carboxylic acids is 2. The minimum atomic E-state index is -5.18. The van der Waals surface area contributed by atoms with Gasteiger partial charge < -0.3 is 10.2 Å². The molecule has 0 aliphatic carbocycles. The van der Waals surface area contributed by atoms with Crippen LogP contribution >= 0.6 is 0 Å². The molecule has 0 heterocycles. The van der Waals surface area contributed by atoms with E-state index in [9.17, 15) is 35.9 Å². The average Bonchev–Trinajstić information content (AvgIpc) is 2.19. The number of aliphatic carboxylic acids is 2. The van der Waals surface area contributed by atoms with E-state index in [1.54, 1.807) is 0 Å². The first kappa shape index (κ1) is 18.3. The van der Waals surface area contributed by atoms with Gasteiger partial charge in [0.05, 0.1) is 23.0 Å². The van der Waals surface area contributed by atoms with Crippen LogP contribution in [0.3, 0.4) is 0 Å². The Morgan fingerprint density at radius 2 is 0.950 bits per heavy atom. The van der Waals surface area contributed by atoms with Crippen molar-refractivity contribution >= 4 is 11.9 Å². The van der Waals surface area contributed by atoms with Crippen LogP contribution in [0.25, 0.3) is 0 Å². The molecule has 0 saturated carbocycles. The highest BCUT2D eigenvalue weighted by molar-refractivity contribution is 5.99. The standard InChI is InChI=1S/C10H10F6O4/c1-3(9(11,12)13)5(7(17)18)6(8(19)20)4(2)10(14,15)16/h3-4H,1-2H3,(H,17,18)(H,19,20)/b6-5-. The molecule has 4 nitrogen and oxygen atoms in total. The van der Waals surface area contributed by atoms with Crippen molar-refractivity contribution < 1.29 is 46.1 Å². The van der Waals surface area contributed by atoms with E-state index >= 15 is 0 Å². The first-order chi connectivity index (χ1) is 8.71. The largest absolute Gasteiger partial charge is 0.478 e. The highest BCUT2D eigenvalue weighted by Gasteiger charge is 2.48. The lowest BCUT2D eigenvalue weighted by Gasteiger charge is -2.23. The summed E-state index contributed by atoms with van der Waals surface area (Å²) in [7, 11) is 0. The smallest absolute Gasteiger partial charge is 0.395 e. The minimum Gasteiger partial charge on any atom is -0.478 e. The molecule has 0 amide bonds. The molecule has 10 heteroatoms. The van der Waals surface area contributed by atoms with E-state index in [1.165, 1.54) is 0 Å². The summed E-state index contributed by atoms with van der Waals surface area (Å²) >= 11 is 0. The Labute approximate surface area is 108 Å². The van der Waals surface area contributed by atoms with E-state index in [2.05, 4.69) is 0 Å². The summed E-state index contributed by atoms with van der Waals surface area (Å²) in [6.45, 7) is 0.574. The molecule has 0 saturated heterocycles. The molecule has 0 aliphatic rings. The lowest BCUT2D eigenvalue weighted by molar-refractivity contribution is -0.172. The molecule has 0 radical (unpaired) electrons. The maximum atomic E-state index is 12.5. The lowest BCUT2D eigenvalue weighted by atomic mass is 9.88. The first-order valence-corrected chi connectivity index (χ1v) is 5.05. The van der Waals surface area contributed by atoms with Crippen molar-refractivity contribution in [1.82, 2.24) is 0 Å². The average molecular weight is 308 g/mol. The lowest BCUT2D eigenvalue weighted by Crippen LogP contribution is -2.33. The molecular formula is C10H10F6O4. The third kappa shape index (κ3) is 4.14. The number of hydrogen-bond donors (Lipinski definition) is 2. The molecule has 20 heavy (non-hydrogen) atoms. The number of alkyl halides is 6. The predicted molar refractivity (Wildman–Crippen MR) is 52.7 cm³/mol. The molecule has 0 bridgehead atoms. The van der Waals surface area contributed by atoms with Gasteiger partial charge >= 0.3 is 24.3 Å². The minimum absolute atomic E-state index is 0.287. The van der Waals surface area contributed by atoms with E-state index < -0.39 is 47.3 Å². The quantitative estimate of drug-likeness (QED) is 0.618. The predicted octanol–water partition coefficient (Wildman–Crippen LogP) is 2.85. The van der Waals surface area contributed by atoms with Crippen LogP contribution in [-0.2, 0) is 9.59 Å². The van der Waals surface area contributed by atoms with Gasteiger partial charge in [0.1, 0.15) is 0 Å². The molecule has 0 aromatic heterocycles. The van der Waals surface area contributed by atoms with Gasteiger partial charge in [-0.3, -0.25) is 0 Å². The van der Waals surface area contributed by atoms with E-state index in [1.807, 2.05) is 0 Å². The van der Waals surface area contributed by atoms with Crippen molar-refractivity contribution in [3.05, 3.63) is 11.1 Å². The van der Waals surface area contributed by atoms with Crippen LogP contribution in [0.5, 0.6) is 0 Å². The molecule has 2 N–H and O–H groups in total. The van der Waals surface area contributed by atoms with E-state index in [-0.39, 0.29) is 13.8 Å². The molecular weight excluding hydrogens is 298 g/mol. The molecule has 0 spiro atoms. The van der Waals surface area contributed by atoms with Crippen LogP contribution < -0.4 is 0 Å². The molecule has 0 aromatic carbocycles. The molecule has 0 rings (SSSR count). The van der Waals surface area contributed by atoms with Crippen molar-refractivity contribution in [2.45, 2.75) is 26.2 Å². The van der Waals surface area contributed by atoms with Gasteiger partial charge in [-0.25, -0.2) is 9.59 Å². The summed E-state index contributed by atoms with van der Waals surface area (Å²) in [6, 6.07) is 0. The van der Waals surface area contributed by atoms with Crippen molar-refractivity contribution in [3.8, 4) is 0 Å². The van der Waals surface area contributed by atoms with Crippen LogP contribution in [0, 0.1) is 11.8 Å². The number of carbonyl (C=O) groups is 2. The third-order valence-electron chi connectivity index (χ3n) is 2.60.